The van der Waals surface area contributed by atoms with E-state index in [-0.39, 0.29) is 16.5 Å². The molecule has 2 aromatic rings. The van der Waals surface area contributed by atoms with Gasteiger partial charge in [0.15, 0.2) is 6.10 Å². The Kier molecular flexibility index (Phi) is 5.35. The van der Waals surface area contributed by atoms with Crippen LogP contribution in [-0.4, -0.2) is 33.4 Å². The molecule has 0 radical (unpaired) electrons. The van der Waals surface area contributed by atoms with Crippen LogP contribution in [0.1, 0.15) is 27.7 Å². The first-order valence-electron chi connectivity index (χ1n) is 9.32. The van der Waals surface area contributed by atoms with E-state index in [0.717, 1.165) is 0 Å². The Morgan fingerprint density at radius 2 is 1.54 bits per heavy atom. The molecular weight excluding hydrogens is 340 g/mol. The fourth-order valence-electron chi connectivity index (χ4n) is 4.52. The van der Waals surface area contributed by atoms with E-state index in [1.165, 1.54) is 10.4 Å². The van der Waals surface area contributed by atoms with Gasteiger partial charge in [-0.1, -0.05) is 91.8 Å². The van der Waals surface area contributed by atoms with Gasteiger partial charge in [-0.15, -0.1) is 0 Å². The van der Waals surface area contributed by atoms with Gasteiger partial charge in [0.05, 0.1) is 13.2 Å². The summed E-state index contributed by atoms with van der Waals surface area (Å²) in [5, 5.41) is 2.71. The molecule has 1 heterocycles. The Bertz CT molecular complexity index is 697. The quantitative estimate of drug-likeness (QED) is 0.599. The lowest BCUT2D eigenvalue weighted by Gasteiger charge is -2.54. The predicted molar refractivity (Wildman–Crippen MR) is 108 cm³/mol. The molecule has 0 bridgehead atoms. The molecule has 0 spiro atoms. The monoisotopic (exact) mass is 368 g/mol. The van der Waals surface area contributed by atoms with Crippen molar-refractivity contribution in [2.75, 3.05) is 13.2 Å². The number of hydrogen-bond donors (Lipinski definition) is 0. The summed E-state index contributed by atoms with van der Waals surface area (Å²) in [6.07, 6.45) is -0.471. The molecule has 3 nitrogen and oxygen atoms in total. The Morgan fingerprint density at radius 3 is 1.88 bits per heavy atom. The second-order valence-electron chi connectivity index (χ2n) is 7.90. The van der Waals surface area contributed by atoms with Crippen molar-refractivity contribution >= 4 is 24.4 Å². The summed E-state index contributed by atoms with van der Waals surface area (Å²) in [5.74, 6) is -0.225. The molecule has 1 aliphatic heterocycles. The molecule has 0 N–H and O–H groups in total. The standard InChI is InChI=1S/C22H28O3Si/c1-5-24-21(23)20-19(16-25-20)26(22(2,3)4,17-12-8-6-9-13-17)18-14-10-7-11-15-18/h6-15,19-20H,5,16H2,1-4H3. The fraction of sp³-hybridized carbons (Fsp3) is 0.409. The predicted octanol–water partition coefficient (Wildman–Crippen LogP) is 3.38. The van der Waals surface area contributed by atoms with Crippen molar-refractivity contribution in [1.29, 1.82) is 0 Å². The second kappa shape index (κ2) is 7.37. The van der Waals surface area contributed by atoms with Gasteiger partial charge >= 0.3 is 5.97 Å². The van der Waals surface area contributed by atoms with E-state index in [1.807, 2.05) is 6.92 Å². The molecule has 4 heteroatoms. The van der Waals surface area contributed by atoms with Crippen molar-refractivity contribution in [3.8, 4) is 0 Å². The van der Waals surface area contributed by atoms with Crippen LogP contribution >= 0.6 is 0 Å². The number of carbonyl (C=O) groups excluding carboxylic acids is 1. The van der Waals surface area contributed by atoms with Crippen LogP contribution in [0.2, 0.25) is 10.6 Å². The van der Waals surface area contributed by atoms with Gasteiger partial charge in [0.25, 0.3) is 0 Å². The minimum atomic E-state index is -2.35. The summed E-state index contributed by atoms with van der Waals surface area (Å²) in [7, 11) is -2.35. The van der Waals surface area contributed by atoms with Gasteiger partial charge in [0.2, 0.25) is 0 Å². The summed E-state index contributed by atoms with van der Waals surface area (Å²) in [5.41, 5.74) is 0.159. The highest BCUT2D eigenvalue weighted by Gasteiger charge is 2.60. The Morgan fingerprint density at radius 1 is 1.04 bits per heavy atom. The molecule has 2 aromatic carbocycles. The highest BCUT2D eigenvalue weighted by Crippen LogP contribution is 2.49. The number of hydrogen-bond acceptors (Lipinski definition) is 3. The zero-order valence-electron chi connectivity index (χ0n) is 16.1. The van der Waals surface area contributed by atoms with E-state index in [9.17, 15) is 4.79 Å². The first-order valence-corrected chi connectivity index (χ1v) is 11.4. The lowest BCUT2D eigenvalue weighted by molar-refractivity contribution is -0.169. The second-order valence-corrected chi connectivity index (χ2v) is 12.9. The van der Waals surface area contributed by atoms with E-state index in [0.29, 0.717) is 13.2 Å². The molecule has 1 saturated heterocycles. The molecular formula is C22H28O3Si. The van der Waals surface area contributed by atoms with E-state index in [4.69, 9.17) is 9.47 Å². The maximum absolute atomic E-state index is 12.5. The minimum absolute atomic E-state index is 0.00883. The normalized spacial score (nSPS) is 20.3. The lowest BCUT2D eigenvalue weighted by Crippen LogP contribution is -2.73. The van der Waals surface area contributed by atoms with Crippen LogP contribution in [0.15, 0.2) is 60.7 Å². The fourth-order valence-corrected chi connectivity index (χ4v) is 11.0. The molecule has 26 heavy (non-hydrogen) atoms. The molecule has 0 saturated carbocycles. The van der Waals surface area contributed by atoms with Gasteiger partial charge in [-0.3, -0.25) is 0 Å². The summed E-state index contributed by atoms with van der Waals surface area (Å²) < 4.78 is 11.1. The summed E-state index contributed by atoms with van der Waals surface area (Å²) in [4.78, 5) is 12.5. The Hall–Kier alpha value is -1.91. The first-order chi connectivity index (χ1) is 12.4. The maximum atomic E-state index is 12.5. The smallest absolute Gasteiger partial charge is 0.335 e. The third-order valence-electron chi connectivity index (χ3n) is 5.54. The highest BCUT2D eigenvalue weighted by atomic mass is 28.3. The summed E-state index contributed by atoms with van der Waals surface area (Å²) >= 11 is 0. The largest absolute Gasteiger partial charge is 0.464 e. The van der Waals surface area contributed by atoms with Crippen LogP contribution in [0.25, 0.3) is 0 Å². The summed E-state index contributed by atoms with van der Waals surface area (Å²) in [6, 6.07) is 21.4. The van der Waals surface area contributed by atoms with Gasteiger partial charge in [-0.25, -0.2) is 4.79 Å². The van der Waals surface area contributed by atoms with Gasteiger partial charge in [0.1, 0.15) is 8.07 Å². The SMILES string of the molecule is CCOC(=O)C1OCC1[Si](c1ccccc1)(c1ccccc1)C(C)(C)C. The van der Waals surface area contributed by atoms with Crippen LogP contribution in [0.3, 0.4) is 0 Å². The minimum Gasteiger partial charge on any atom is -0.464 e. The number of rotatable bonds is 5. The number of ether oxygens (including phenoxy) is 2. The van der Waals surface area contributed by atoms with Crippen molar-refractivity contribution in [3.63, 3.8) is 0 Å². The maximum Gasteiger partial charge on any atom is 0.335 e. The van der Waals surface area contributed by atoms with Crippen molar-refractivity contribution in [2.45, 2.75) is 44.4 Å². The Labute approximate surface area is 157 Å². The molecule has 0 amide bonds. The molecule has 2 atom stereocenters. The van der Waals surface area contributed by atoms with Crippen LogP contribution in [0, 0.1) is 0 Å². The zero-order chi connectivity index (χ0) is 18.8. The van der Waals surface area contributed by atoms with Crippen molar-refractivity contribution < 1.29 is 14.3 Å². The van der Waals surface area contributed by atoms with Crippen molar-refractivity contribution in [2.24, 2.45) is 0 Å². The van der Waals surface area contributed by atoms with Crippen molar-refractivity contribution in [1.82, 2.24) is 0 Å². The van der Waals surface area contributed by atoms with Crippen LogP contribution in [0.5, 0.6) is 0 Å². The van der Waals surface area contributed by atoms with E-state index in [2.05, 4.69) is 81.4 Å². The first kappa shape index (κ1) is 18.9. The van der Waals surface area contributed by atoms with Gasteiger partial charge in [0, 0.05) is 5.54 Å². The van der Waals surface area contributed by atoms with Crippen LogP contribution < -0.4 is 10.4 Å². The average molecular weight is 369 g/mol. The topological polar surface area (TPSA) is 35.5 Å². The van der Waals surface area contributed by atoms with Gasteiger partial charge < -0.3 is 9.47 Å². The average Bonchev–Trinajstić information content (AvgIpc) is 2.59. The highest BCUT2D eigenvalue weighted by molar-refractivity contribution is 7.05. The number of benzene rings is 2. The molecule has 3 rings (SSSR count). The molecule has 0 aromatic heterocycles. The Balaban J connectivity index is 2.20. The zero-order valence-corrected chi connectivity index (χ0v) is 17.1. The third kappa shape index (κ3) is 3.01. The molecule has 0 aliphatic carbocycles. The third-order valence-corrected chi connectivity index (χ3v) is 12.0. The molecule has 1 fully saturated rings. The van der Waals surface area contributed by atoms with Crippen LogP contribution in [-0.2, 0) is 14.3 Å². The lowest BCUT2D eigenvalue weighted by atomic mass is 10.2. The van der Waals surface area contributed by atoms with Crippen LogP contribution in [0.4, 0.5) is 0 Å². The number of carbonyl (C=O) groups is 1. The molecule has 1 aliphatic rings. The molecule has 2 unspecified atom stereocenters. The molecule has 138 valence electrons. The van der Waals surface area contributed by atoms with Gasteiger partial charge in [-0.2, -0.15) is 0 Å². The van der Waals surface area contributed by atoms with Crippen molar-refractivity contribution in [3.05, 3.63) is 60.7 Å². The summed E-state index contributed by atoms with van der Waals surface area (Å²) in [6.45, 7) is 9.75. The number of esters is 1. The van der Waals surface area contributed by atoms with E-state index >= 15 is 0 Å². The van der Waals surface area contributed by atoms with E-state index < -0.39 is 14.2 Å². The van der Waals surface area contributed by atoms with Gasteiger partial charge in [-0.05, 0) is 12.0 Å². The van der Waals surface area contributed by atoms with E-state index in [1.54, 1.807) is 0 Å².